The molecule has 0 amide bonds. The van der Waals surface area contributed by atoms with Gasteiger partial charge >= 0.3 is 0 Å². The summed E-state index contributed by atoms with van der Waals surface area (Å²) < 4.78 is 14.0. The Labute approximate surface area is 120 Å². The molecule has 1 saturated heterocycles. The molecule has 0 unspecified atom stereocenters. The summed E-state index contributed by atoms with van der Waals surface area (Å²) in [7, 11) is 0. The van der Waals surface area contributed by atoms with Crippen LogP contribution in [0.2, 0.25) is 0 Å². The van der Waals surface area contributed by atoms with Crippen LogP contribution >= 0.6 is 12.4 Å². The van der Waals surface area contributed by atoms with Crippen molar-refractivity contribution >= 4 is 12.4 Å². The summed E-state index contributed by atoms with van der Waals surface area (Å²) in [4.78, 5) is 2.33. The van der Waals surface area contributed by atoms with Crippen LogP contribution in [0.5, 0.6) is 5.75 Å². The fraction of sp³-hybridized carbons (Fsp3) is 0.571. The highest BCUT2D eigenvalue weighted by atomic mass is 35.5. The first-order valence-corrected chi connectivity index (χ1v) is 6.65. The summed E-state index contributed by atoms with van der Waals surface area (Å²) in [6.45, 7) is 5.93. The van der Waals surface area contributed by atoms with E-state index in [-0.39, 0.29) is 30.0 Å². The van der Waals surface area contributed by atoms with Crippen LogP contribution in [0.1, 0.15) is 31.4 Å². The Morgan fingerprint density at radius 3 is 2.63 bits per heavy atom. The SMILES string of the molecule is CCC[C@H](c1ccc(O)cc1F)N1CCNCC1.Cl. The molecule has 108 valence electrons. The van der Waals surface area contributed by atoms with E-state index in [1.165, 1.54) is 6.07 Å². The third-order valence-electron chi connectivity index (χ3n) is 3.50. The van der Waals surface area contributed by atoms with E-state index in [0.29, 0.717) is 5.56 Å². The molecule has 2 rings (SSSR count). The Bertz CT molecular complexity index is 397. The van der Waals surface area contributed by atoms with E-state index in [1.807, 2.05) is 0 Å². The van der Waals surface area contributed by atoms with Gasteiger partial charge in [0.1, 0.15) is 11.6 Å². The van der Waals surface area contributed by atoms with Gasteiger partial charge < -0.3 is 10.4 Å². The second-order valence-electron chi connectivity index (χ2n) is 4.80. The van der Waals surface area contributed by atoms with Crippen LogP contribution in [0, 0.1) is 5.82 Å². The fourth-order valence-corrected chi connectivity index (χ4v) is 2.59. The van der Waals surface area contributed by atoms with E-state index < -0.39 is 0 Å². The van der Waals surface area contributed by atoms with Crippen molar-refractivity contribution in [3.8, 4) is 5.75 Å². The molecule has 1 aromatic carbocycles. The van der Waals surface area contributed by atoms with Crippen LogP contribution in [0.4, 0.5) is 4.39 Å². The zero-order chi connectivity index (χ0) is 13.0. The molecule has 1 aliphatic heterocycles. The minimum atomic E-state index is -0.299. The molecule has 0 aliphatic carbocycles. The number of rotatable bonds is 4. The molecular weight excluding hydrogens is 267 g/mol. The Balaban J connectivity index is 0.00000180. The van der Waals surface area contributed by atoms with Gasteiger partial charge in [0.25, 0.3) is 0 Å². The summed E-state index contributed by atoms with van der Waals surface area (Å²) in [6.07, 6.45) is 1.97. The van der Waals surface area contributed by atoms with Gasteiger partial charge in [-0.3, -0.25) is 4.90 Å². The average molecular weight is 289 g/mol. The molecule has 0 saturated carbocycles. The van der Waals surface area contributed by atoms with E-state index >= 15 is 0 Å². The second-order valence-corrected chi connectivity index (χ2v) is 4.80. The van der Waals surface area contributed by atoms with E-state index in [9.17, 15) is 9.50 Å². The molecule has 0 spiro atoms. The molecule has 1 heterocycles. The number of halogens is 2. The van der Waals surface area contributed by atoms with Crippen molar-refractivity contribution in [2.24, 2.45) is 0 Å². The molecule has 1 fully saturated rings. The molecule has 3 nitrogen and oxygen atoms in total. The Morgan fingerprint density at radius 1 is 1.37 bits per heavy atom. The van der Waals surface area contributed by atoms with Crippen molar-refractivity contribution in [2.75, 3.05) is 26.2 Å². The molecule has 1 aromatic rings. The third-order valence-corrected chi connectivity index (χ3v) is 3.50. The first kappa shape index (κ1) is 16.2. The van der Waals surface area contributed by atoms with Crippen LogP contribution in [0.3, 0.4) is 0 Å². The number of aromatic hydroxyl groups is 1. The minimum absolute atomic E-state index is 0. The summed E-state index contributed by atoms with van der Waals surface area (Å²) in [5.74, 6) is -0.307. The topological polar surface area (TPSA) is 35.5 Å². The Hall–Kier alpha value is -0.840. The maximum absolute atomic E-state index is 14.0. The summed E-state index contributed by atoms with van der Waals surface area (Å²) in [5, 5.41) is 12.6. The summed E-state index contributed by atoms with van der Waals surface area (Å²) >= 11 is 0. The Morgan fingerprint density at radius 2 is 2.05 bits per heavy atom. The van der Waals surface area contributed by atoms with Gasteiger partial charge in [-0.1, -0.05) is 19.4 Å². The molecule has 1 atom stereocenters. The smallest absolute Gasteiger partial charge is 0.131 e. The molecule has 1 aliphatic rings. The van der Waals surface area contributed by atoms with Crippen molar-refractivity contribution in [2.45, 2.75) is 25.8 Å². The normalized spacial score (nSPS) is 17.8. The first-order valence-electron chi connectivity index (χ1n) is 6.65. The zero-order valence-electron chi connectivity index (χ0n) is 11.2. The van der Waals surface area contributed by atoms with E-state index in [1.54, 1.807) is 12.1 Å². The zero-order valence-corrected chi connectivity index (χ0v) is 12.0. The first-order chi connectivity index (χ1) is 8.72. The van der Waals surface area contributed by atoms with Crippen LogP contribution in [-0.4, -0.2) is 36.2 Å². The third kappa shape index (κ3) is 4.06. The number of phenols is 1. The standard InChI is InChI=1S/C14H21FN2O.ClH/c1-2-3-14(17-8-6-16-7-9-17)12-5-4-11(18)10-13(12)15;/h4-5,10,14,16,18H,2-3,6-9H2,1H3;1H/t14-;/m1./s1. The summed E-state index contributed by atoms with van der Waals surface area (Å²) in [5.41, 5.74) is 0.705. The van der Waals surface area contributed by atoms with Crippen molar-refractivity contribution in [1.29, 1.82) is 0 Å². The van der Waals surface area contributed by atoms with Crippen molar-refractivity contribution in [1.82, 2.24) is 10.2 Å². The van der Waals surface area contributed by atoms with Crippen molar-refractivity contribution in [3.63, 3.8) is 0 Å². The van der Waals surface area contributed by atoms with Crippen molar-refractivity contribution in [3.05, 3.63) is 29.6 Å². The van der Waals surface area contributed by atoms with E-state index in [4.69, 9.17) is 0 Å². The predicted molar refractivity (Wildman–Crippen MR) is 77.4 cm³/mol. The number of piperazine rings is 1. The monoisotopic (exact) mass is 288 g/mol. The second kappa shape index (κ2) is 7.68. The van der Waals surface area contributed by atoms with Crippen molar-refractivity contribution < 1.29 is 9.50 Å². The quantitative estimate of drug-likeness (QED) is 0.894. The maximum Gasteiger partial charge on any atom is 0.131 e. The number of nitrogens with one attached hydrogen (secondary N) is 1. The van der Waals surface area contributed by atoms with Gasteiger partial charge in [0.15, 0.2) is 0 Å². The van der Waals surface area contributed by atoms with Gasteiger partial charge in [-0.15, -0.1) is 12.4 Å². The van der Waals surface area contributed by atoms with Crippen LogP contribution in [-0.2, 0) is 0 Å². The van der Waals surface area contributed by atoms with Gasteiger partial charge in [-0.25, -0.2) is 4.39 Å². The Kier molecular flexibility index (Phi) is 6.55. The van der Waals surface area contributed by atoms with Gasteiger partial charge in [0, 0.05) is 43.9 Å². The molecular formula is C14H22ClFN2O. The highest BCUT2D eigenvalue weighted by Gasteiger charge is 2.23. The average Bonchev–Trinajstić information content (AvgIpc) is 2.38. The molecule has 2 N–H and O–H groups in total. The molecule has 0 bridgehead atoms. The lowest BCUT2D eigenvalue weighted by molar-refractivity contribution is 0.161. The molecule has 19 heavy (non-hydrogen) atoms. The lowest BCUT2D eigenvalue weighted by Gasteiger charge is -2.35. The number of nitrogens with zero attached hydrogens (tertiary/aromatic N) is 1. The van der Waals surface area contributed by atoms with E-state index in [2.05, 4.69) is 17.1 Å². The van der Waals surface area contributed by atoms with Crippen LogP contribution in [0.15, 0.2) is 18.2 Å². The largest absolute Gasteiger partial charge is 0.508 e. The van der Waals surface area contributed by atoms with Crippen LogP contribution in [0.25, 0.3) is 0 Å². The van der Waals surface area contributed by atoms with Gasteiger partial charge in [-0.05, 0) is 12.5 Å². The lowest BCUT2D eigenvalue weighted by atomic mass is 9.99. The molecule has 0 aromatic heterocycles. The van der Waals surface area contributed by atoms with E-state index in [0.717, 1.165) is 39.0 Å². The maximum atomic E-state index is 14.0. The fourth-order valence-electron chi connectivity index (χ4n) is 2.59. The van der Waals surface area contributed by atoms with Gasteiger partial charge in [0.05, 0.1) is 0 Å². The minimum Gasteiger partial charge on any atom is -0.508 e. The number of hydrogen-bond donors (Lipinski definition) is 2. The molecule has 5 heteroatoms. The number of phenolic OH excluding ortho intramolecular Hbond substituents is 1. The predicted octanol–water partition coefficient (Wildman–Crippen LogP) is 2.70. The number of benzene rings is 1. The molecule has 0 radical (unpaired) electrons. The van der Waals surface area contributed by atoms with Gasteiger partial charge in [0.2, 0.25) is 0 Å². The lowest BCUT2D eigenvalue weighted by Crippen LogP contribution is -2.45. The highest BCUT2D eigenvalue weighted by Crippen LogP contribution is 2.29. The summed E-state index contributed by atoms with van der Waals surface area (Å²) in [6, 6.07) is 4.62. The van der Waals surface area contributed by atoms with Gasteiger partial charge in [-0.2, -0.15) is 0 Å². The van der Waals surface area contributed by atoms with Crippen LogP contribution < -0.4 is 5.32 Å². The number of hydrogen-bond acceptors (Lipinski definition) is 3. The highest BCUT2D eigenvalue weighted by molar-refractivity contribution is 5.85.